The average molecular weight is 201 g/mol. The summed E-state index contributed by atoms with van der Waals surface area (Å²) in [6.45, 7) is 0. The maximum atomic E-state index is 10.7. The van der Waals surface area contributed by atoms with Gasteiger partial charge in [-0.05, 0) is 17.7 Å². The van der Waals surface area contributed by atoms with Gasteiger partial charge in [-0.1, -0.05) is 0 Å². The largest absolute Gasteiger partial charge is 0.477 e. The fourth-order valence-electron chi connectivity index (χ4n) is 1.46. The minimum absolute atomic E-state index is 0.0123. The van der Waals surface area contributed by atoms with Crippen molar-refractivity contribution in [3.05, 3.63) is 29.1 Å². The van der Waals surface area contributed by atoms with Crippen molar-refractivity contribution in [3.63, 3.8) is 0 Å². The van der Waals surface area contributed by atoms with Gasteiger partial charge in [-0.3, -0.25) is 0 Å². The van der Waals surface area contributed by atoms with E-state index in [1.54, 1.807) is 12.3 Å². The highest BCUT2D eigenvalue weighted by molar-refractivity contribution is 5.94. The van der Waals surface area contributed by atoms with Gasteiger partial charge in [-0.2, -0.15) is 0 Å². The number of fused-ring (bicyclic) bond motifs is 1. The second kappa shape index (κ2) is 2.66. The lowest BCUT2D eigenvalue weighted by Crippen LogP contribution is -2.01. The van der Waals surface area contributed by atoms with Crippen LogP contribution in [0.3, 0.4) is 0 Å². The molecule has 1 aliphatic carbocycles. The lowest BCUT2D eigenvalue weighted by molar-refractivity contribution is 0.0690. The lowest BCUT2D eigenvalue weighted by Gasteiger charge is -2.05. The fraction of sp³-hybridized carbons (Fsp3) is 0.100. The summed E-state index contributed by atoms with van der Waals surface area (Å²) in [5, 5.41) is 11.9. The van der Waals surface area contributed by atoms with Crippen LogP contribution in [0.15, 0.2) is 28.4 Å². The summed E-state index contributed by atoms with van der Waals surface area (Å²) < 4.78 is 0. The molecule has 0 spiro atoms. The summed E-state index contributed by atoms with van der Waals surface area (Å²) in [6, 6.07) is 3.16. The van der Waals surface area contributed by atoms with Gasteiger partial charge in [0, 0.05) is 18.3 Å². The second-order valence-electron chi connectivity index (χ2n) is 3.44. The summed E-state index contributed by atoms with van der Waals surface area (Å²) in [5.74, 6) is -0.607. The molecule has 5 nitrogen and oxygen atoms in total. The van der Waals surface area contributed by atoms with Crippen molar-refractivity contribution < 1.29 is 9.90 Å². The Labute approximate surface area is 85.2 Å². The molecular formula is C10H7N3O2. The van der Waals surface area contributed by atoms with Crippen LogP contribution in [0.1, 0.15) is 16.9 Å². The first-order chi connectivity index (χ1) is 7.24. The van der Waals surface area contributed by atoms with Crippen molar-refractivity contribution in [2.75, 3.05) is 5.32 Å². The summed E-state index contributed by atoms with van der Waals surface area (Å²) in [7, 11) is 0. The average Bonchev–Trinajstić information content (AvgIpc) is 2.93. The molecule has 0 radical (unpaired) electrons. The van der Waals surface area contributed by atoms with Crippen LogP contribution in [0, 0.1) is 0 Å². The molecule has 2 heterocycles. The molecule has 0 saturated carbocycles. The zero-order chi connectivity index (χ0) is 10.4. The molecule has 0 fully saturated rings. The van der Waals surface area contributed by atoms with Gasteiger partial charge < -0.3 is 10.4 Å². The summed E-state index contributed by atoms with van der Waals surface area (Å²) in [5.41, 5.74) is 3.07. The van der Waals surface area contributed by atoms with Crippen LogP contribution in [0.2, 0.25) is 0 Å². The third-order valence-corrected chi connectivity index (χ3v) is 2.35. The Morgan fingerprint density at radius 3 is 3.13 bits per heavy atom. The number of hydrogen-bond donors (Lipinski definition) is 2. The van der Waals surface area contributed by atoms with Crippen molar-refractivity contribution in [1.82, 2.24) is 4.98 Å². The Balaban J connectivity index is 2.08. The number of nitrogens with one attached hydrogen (secondary N) is 1. The van der Waals surface area contributed by atoms with Crippen LogP contribution < -0.4 is 5.32 Å². The molecule has 0 saturated heterocycles. The zero-order valence-corrected chi connectivity index (χ0v) is 7.69. The third kappa shape index (κ3) is 1.28. The predicted molar refractivity (Wildman–Crippen MR) is 54.6 cm³/mol. The van der Waals surface area contributed by atoms with Gasteiger partial charge in [0.1, 0.15) is 0 Å². The monoisotopic (exact) mass is 201 g/mol. The van der Waals surface area contributed by atoms with Crippen LogP contribution in [0.4, 0.5) is 11.5 Å². The summed E-state index contributed by atoms with van der Waals surface area (Å²) in [4.78, 5) is 18.8. The van der Waals surface area contributed by atoms with Crippen molar-refractivity contribution in [1.29, 1.82) is 0 Å². The number of anilines is 1. The highest BCUT2D eigenvalue weighted by atomic mass is 16.4. The number of carbonyl (C=O) groups is 1. The fourth-order valence-corrected chi connectivity index (χ4v) is 1.46. The number of aromatic nitrogens is 1. The molecule has 2 aliphatic rings. The topological polar surface area (TPSA) is 74.6 Å². The second-order valence-corrected chi connectivity index (χ2v) is 3.44. The van der Waals surface area contributed by atoms with Crippen molar-refractivity contribution in [3.8, 4) is 0 Å². The first kappa shape index (κ1) is 8.16. The Kier molecular flexibility index (Phi) is 1.45. The van der Waals surface area contributed by atoms with E-state index in [1.807, 2.05) is 0 Å². The van der Waals surface area contributed by atoms with Crippen molar-refractivity contribution in [2.45, 2.75) is 6.42 Å². The van der Waals surface area contributed by atoms with Crippen molar-refractivity contribution >= 4 is 23.7 Å². The molecule has 74 valence electrons. The molecule has 3 rings (SSSR count). The molecule has 0 unspecified atom stereocenters. The Morgan fingerprint density at radius 1 is 1.47 bits per heavy atom. The highest BCUT2D eigenvalue weighted by Crippen LogP contribution is 2.36. The Morgan fingerprint density at radius 2 is 2.33 bits per heavy atom. The predicted octanol–water partition coefficient (Wildman–Crippen LogP) is 1.57. The van der Waals surface area contributed by atoms with Crippen LogP contribution in [-0.4, -0.2) is 22.3 Å². The molecule has 1 aromatic heterocycles. The van der Waals surface area contributed by atoms with Crippen LogP contribution in [-0.2, 0) is 0 Å². The maximum Gasteiger partial charge on any atom is 0.354 e. The third-order valence-electron chi connectivity index (χ3n) is 2.35. The number of rotatable bonds is 1. The molecular weight excluding hydrogens is 194 g/mol. The van der Waals surface area contributed by atoms with Gasteiger partial charge in [0.05, 0.1) is 5.69 Å². The number of allylic oxidation sites excluding steroid dienone is 2. The number of aliphatic imine (C=N–C) groups is 1. The van der Waals surface area contributed by atoms with Crippen molar-refractivity contribution in [2.24, 2.45) is 4.99 Å². The van der Waals surface area contributed by atoms with Gasteiger partial charge in [-0.15, -0.1) is 0 Å². The van der Waals surface area contributed by atoms with E-state index >= 15 is 0 Å². The van der Waals surface area contributed by atoms with E-state index in [2.05, 4.69) is 15.3 Å². The number of pyridine rings is 1. The van der Waals surface area contributed by atoms with E-state index in [9.17, 15) is 4.79 Å². The maximum absolute atomic E-state index is 10.7. The first-order valence-electron chi connectivity index (χ1n) is 4.51. The van der Waals surface area contributed by atoms with Gasteiger partial charge in [-0.25, -0.2) is 14.8 Å². The Bertz CT molecular complexity index is 531. The SMILES string of the molecule is O=C(O)c1ccc2c(n1)N=CC1=C(C1)N2. The number of hydrogen-bond acceptors (Lipinski definition) is 4. The number of nitrogens with zero attached hydrogens (tertiary/aromatic N) is 2. The molecule has 0 aromatic carbocycles. The lowest BCUT2D eigenvalue weighted by atomic mass is 10.3. The molecule has 2 N–H and O–H groups in total. The molecule has 5 heteroatoms. The molecule has 0 amide bonds. The van der Waals surface area contributed by atoms with Crippen LogP contribution in [0.25, 0.3) is 0 Å². The quantitative estimate of drug-likeness (QED) is 0.723. The molecule has 1 aliphatic heterocycles. The van der Waals surface area contributed by atoms with Crippen LogP contribution in [0.5, 0.6) is 0 Å². The minimum Gasteiger partial charge on any atom is -0.477 e. The van der Waals surface area contributed by atoms with Crippen LogP contribution >= 0.6 is 0 Å². The molecule has 15 heavy (non-hydrogen) atoms. The smallest absolute Gasteiger partial charge is 0.354 e. The first-order valence-corrected chi connectivity index (χ1v) is 4.51. The summed E-state index contributed by atoms with van der Waals surface area (Å²) in [6.07, 6.45) is 2.66. The zero-order valence-electron chi connectivity index (χ0n) is 7.69. The van der Waals surface area contributed by atoms with E-state index in [4.69, 9.17) is 5.11 Å². The molecule has 0 bridgehead atoms. The van der Waals surface area contributed by atoms with E-state index in [1.165, 1.54) is 6.07 Å². The van der Waals surface area contributed by atoms with Gasteiger partial charge in [0.25, 0.3) is 0 Å². The summed E-state index contributed by atoms with van der Waals surface area (Å²) >= 11 is 0. The molecule has 0 atom stereocenters. The van der Waals surface area contributed by atoms with E-state index in [0.717, 1.165) is 23.4 Å². The standard InChI is InChI=1S/C10H7N3O2/c14-10(15)7-2-1-6-9(13-7)11-4-5-3-8(5)12-6/h1-2,4,12H,3H2,(H,14,15). The van der Waals surface area contributed by atoms with E-state index in [-0.39, 0.29) is 5.69 Å². The van der Waals surface area contributed by atoms with E-state index in [0.29, 0.717) is 5.82 Å². The van der Waals surface area contributed by atoms with E-state index < -0.39 is 5.97 Å². The van der Waals surface area contributed by atoms with Gasteiger partial charge in [0.2, 0.25) is 0 Å². The number of carboxylic acids is 1. The minimum atomic E-state index is -1.04. The number of carboxylic acid groups (broad SMARTS) is 1. The van der Waals surface area contributed by atoms with Gasteiger partial charge >= 0.3 is 5.97 Å². The normalized spacial score (nSPS) is 16.3. The Hall–Kier alpha value is -2.17. The number of aromatic carboxylic acids is 1. The molecule has 1 aromatic rings. The highest BCUT2D eigenvalue weighted by Gasteiger charge is 2.24. The van der Waals surface area contributed by atoms with Gasteiger partial charge in [0.15, 0.2) is 11.5 Å².